The fourth-order valence-electron chi connectivity index (χ4n) is 3.86. The zero-order valence-corrected chi connectivity index (χ0v) is 21.2. The van der Waals surface area contributed by atoms with Gasteiger partial charge < -0.3 is 0 Å². The van der Waals surface area contributed by atoms with Gasteiger partial charge in [-0.15, -0.1) is 0 Å². The Kier molecular flexibility index (Phi) is 11.0. The fraction of sp³-hybridized carbons (Fsp3) is 0.609. The summed E-state index contributed by atoms with van der Waals surface area (Å²) in [6.45, 7) is 10.0. The van der Waals surface area contributed by atoms with Gasteiger partial charge in [0.05, 0.1) is 0 Å². The van der Waals surface area contributed by atoms with E-state index in [2.05, 4.69) is 37.9 Å². The van der Waals surface area contributed by atoms with E-state index in [1.165, 1.54) is 58.8 Å². The zero-order valence-electron chi connectivity index (χ0n) is 18.3. The van der Waals surface area contributed by atoms with Crippen LogP contribution in [-0.4, -0.2) is 40.9 Å². The van der Waals surface area contributed by atoms with Gasteiger partial charge in [0.2, 0.25) is 0 Å². The second-order valence-corrected chi connectivity index (χ2v) is 21.2. The molecule has 0 atom stereocenters. The molecule has 0 radical (unpaired) electrons. The van der Waals surface area contributed by atoms with Crippen molar-refractivity contribution in [3.05, 3.63) is 23.8 Å². The number of Topliss-reactive ketones (excluding diaryl/α,β-unsaturated/α-hetero) is 1. The van der Waals surface area contributed by atoms with Crippen molar-refractivity contribution in [2.24, 2.45) is 4.99 Å². The molecule has 1 N–H and O–H groups in total. The first kappa shape index (κ1) is 24.9. The van der Waals surface area contributed by atoms with Gasteiger partial charge in [-0.1, -0.05) is 0 Å². The molecule has 0 aliphatic carbocycles. The second kappa shape index (κ2) is 12.4. The first-order chi connectivity index (χ1) is 13.3. The Labute approximate surface area is 174 Å². The number of rotatable bonds is 13. The summed E-state index contributed by atoms with van der Waals surface area (Å²) >= 11 is -2.51. The van der Waals surface area contributed by atoms with Gasteiger partial charge in [-0.05, 0) is 0 Å². The van der Waals surface area contributed by atoms with Crippen LogP contribution in [0.3, 0.4) is 0 Å². The maximum atomic E-state index is 11.6. The van der Waals surface area contributed by atoms with E-state index in [-0.39, 0.29) is 0 Å². The molecule has 0 unspecified atom stereocenters. The number of carbonyl (C=O) groups excluding carboxylic acids is 1. The molecule has 0 aliphatic rings. The average Bonchev–Trinajstić information content (AvgIpc) is 2.66. The normalized spacial score (nSPS) is 12.2. The zero-order chi connectivity index (χ0) is 21.2. The van der Waals surface area contributed by atoms with Crippen molar-refractivity contribution in [2.45, 2.75) is 86.5 Å². The maximum absolute atomic E-state index is 11.6. The second-order valence-electron chi connectivity index (χ2n) is 7.91. The summed E-state index contributed by atoms with van der Waals surface area (Å²) in [4.78, 5) is 27.0. The molecule has 0 aliphatic heterocycles. The van der Waals surface area contributed by atoms with Crippen LogP contribution in [-0.2, 0) is 9.59 Å². The Bertz CT molecular complexity index is 659. The van der Waals surface area contributed by atoms with Crippen LogP contribution in [0.4, 0.5) is 5.69 Å². The Morgan fingerprint density at radius 1 is 0.964 bits per heavy atom. The van der Waals surface area contributed by atoms with Crippen molar-refractivity contribution in [3.63, 3.8) is 0 Å². The number of unbranched alkanes of at least 4 members (excludes halogenated alkanes) is 3. The van der Waals surface area contributed by atoms with Crippen LogP contribution in [0.2, 0.25) is 13.3 Å². The van der Waals surface area contributed by atoms with Crippen LogP contribution in [0.25, 0.3) is 0 Å². The van der Waals surface area contributed by atoms with Crippen molar-refractivity contribution in [1.82, 2.24) is 0 Å². The molecule has 0 spiro atoms. The predicted octanol–water partition coefficient (Wildman–Crippen LogP) is 5.80. The van der Waals surface area contributed by atoms with Gasteiger partial charge in [0.15, 0.2) is 0 Å². The Morgan fingerprint density at radius 3 is 1.82 bits per heavy atom. The van der Waals surface area contributed by atoms with E-state index in [4.69, 9.17) is 0 Å². The number of aryl methyl sites for hydroxylation is 1. The molecule has 0 amide bonds. The number of nitrogens with zero attached hydrogens (tertiary/aromatic N) is 1. The molecule has 0 fully saturated rings. The molecule has 0 saturated carbocycles. The Hall–Kier alpha value is -1.17. The van der Waals surface area contributed by atoms with Crippen LogP contribution < -0.4 is 3.58 Å². The monoisotopic (exact) mass is 495 g/mol. The third kappa shape index (κ3) is 7.02. The molecule has 0 saturated heterocycles. The van der Waals surface area contributed by atoms with Gasteiger partial charge in [0, 0.05) is 0 Å². The number of aliphatic carboxylic acids is 1. The third-order valence-corrected chi connectivity index (χ3v) is 21.2. The van der Waals surface area contributed by atoms with Crippen molar-refractivity contribution >= 4 is 45.1 Å². The van der Waals surface area contributed by atoms with E-state index in [9.17, 15) is 14.7 Å². The van der Waals surface area contributed by atoms with Crippen LogP contribution in [0.5, 0.6) is 0 Å². The van der Waals surface area contributed by atoms with Crippen molar-refractivity contribution in [2.75, 3.05) is 0 Å². The van der Waals surface area contributed by atoms with E-state index in [0.717, 1.165) is 5.56 Å². The molecule has 1 rings (SSSR count). The minimum absolute atomic E-state index is 0.395. The quantitative estimate of drug-likeness (QED) is 0.214. The standard InChI is InChI=1S/C11H10NO3.3C4H9.Sn/c1-7-5-3-4-6-9(7)12-10(8(2)13)11(14)15;3*1-3-4-2;/h4-6H,1-2H3,(H,14,15);3*1,3-4H2,2H3;. The van der Waals surface area contributed by atoms with Gasteiger partial charge >= 0.3 is 175 Å². The molecular weight excluding hydrogens is 457 g/mol. The summed E-state index contributed by atoms with van der Waals surface area (Å²) in [6, 6.07) is 6.39. The van der Waals surface area contributed by atoms with E-state index in [0.29, 0.717) is 5.69 Å². The molecule has 0 heterocycles. The van der Waals surface area contributed by atoms with Gasteiger partial charge in [-0.3, -0.25) is 0 Å². The summed E-state index contributed by atoms with van der Waals surface area (Å²) < 4.78 is 5.71. The summed E-state index contributed by atoms with van der Waals surface area (Å²) in [5.41, 5.74) is 1.18. The van der Waals surface area contributed by atoms with Crippen molar-refractivity contribution in [1.29, 1.82) is 0 Å². The molecule has 1 aromatic rings. The number of hydrogen-bond donors (Lipinski definition) is 1. The number of benzene rings is 1. The Balaban J connectivity index is 3.37. The molecule has 28 heavy (non-hydrogen) atoms. The average molecular weight is 494 g/mol. The third-order valence-electron chi connectivity index (χ3n) is 5.60. The molecule has 0 aromatic heterocycles. The number of hydrogen-bond acceptors (Lipinski definition) is 3. The van der Waals surface area contributed by atoms with Gasteiger partial charge in [-0.25, -0.2) is 0 Å². The predicted molar refractivity (Wildman–Crippen MR) is 121 cm³/mol. The van der Waals surface area contributed by atoms with Crippen molar-refractivity contribution in [3.8, 4) is 0 Å². The molecule has 0 bridgehead atoms. The van der Waals surface area contributed by atoms with Gasteiger partial charge in [0.25, 0.3) is 0 Å². The number of carbonyl (C=O) groups is 2. The molecular formula is C23H37NO3Sn. The van der Waals surface area contributed by atoms with E-state index in [1.54, 1.807) is 3.58 Å². The molecule has 4 nitrogen and oxygen atoms in total. The summed E-state index contributed by atoms with van der Waals surface area (Å²) in [5.74, 6) is -1.78. The Morgan fingerprint density at radius 2 is 1.46 bits per heavy atom. The molecule has 5 heteroatoms. The van der Waals surface area contributed by atoms with Gasteiger partial charge in [-0.2, -0.15) is 0 Å². The fourth-order valence-corrected chi connectivity index (χ4v) is 20.0. The van der Waals surface area contributed by atoms with Crippen LogP contribution in [0, 0.1) is 6.92 Å². The SMILES string of the molecule is CCC[CH2][Sn]([CH2]CCC)([CH2]CCC)[c]1ccc(N=C(C(C)=O)C(=O)O)c(C)c1. The topological polar surface area (TPSA) is 66.7 Å². The first-order valence-electron chi connectivity index (χ1n) is 10.7. The molecule has 1 aromatic carbocycles. The number of carboxylic acid groups (broad SMARTS) is 1. The van der Waals surface area contributed by atoms with Crippen molar-refractivity contribution < 1.29 is 14.7 Å². The van der Waals surface area contributed by atoms with Crippen LogP contribution >= 0.6 is 0 Å². The number of aliphatic imine (C=N–C) groups is 1. The van der Waals surface area contributed by atoms with Crippen LogP contribution in [0.15, 0.2) is 23.2 Å². The number of carboxylic acids is 1. The molecule has 156 valence electrons. The van der Waals surface area contributed by atoms with Crippen LogP contribution in [0.1, 0.15) is 71.8 Å². The first-order valence-corrected chi connectivity index (χ1v) is 18.2. The van der Waals surface area contributed by atoms with Gasteiger partial charge in [0.1, 0.15) is 0 Å². The number of ketones is 1. The van der Waals surface area contributed by atoms with E-state index >= 15 is 0 Å². The van der Waals surface area contributed by atoms with E-state index in [1.807, 2.05) is 13.0 Å². The minimum atomic E-state index is -2.51. The summed E-state index contributed by atoms with van der Waals surface area (Å²) in [5, 5.41) is 9.23. The van der Waals surface area contributed by atoms with E-state index < -0.39 is 35.8 Å². The summed E-state index contributed by atoms with van der Waals surface area (Å²) in [6.07, 6.45) is 7.61. The summed E-state index contributed by atoms with van der Waals surface area (Å²) in [7, 11) is 0.